The van der Waals surface area contributed by atoms with Crippen LogP contribution in [0.15, 0.2) is 71.7 Å². The largest absolute Gasteiger partial charge is 0.493 e. The van der Waals surface area contributed by atoms with Crippen molar-refractivity contribution in [1.82, 2.24) is 4.90 Å². The summed E-state index contributed by atoms with van der Waals surface area (Å²) in [6.07, 6.45) is 0.849. The highest BCUT2D eigenvalue weighted by atomic mass is 35.5. The van der Waals surface area contributed by atoms with Crippen LogP contribution in [0.1, 0.15) is 62.0 Å². The minimum Gasteiger partial charge on any atom is -0.493 e. The molecule has 0 fully saturated rings. The molecule has 4 rings (SSSR count). The maximum absolute atomic E-state index is 12.5. The second kappa shape index (κ2) is 9.81. The molecule has 176 valence electrons. The summed E-state index contributed by atoms with van der Waals surface area (Å²) < 4.78 is 6.03. The average Bonchev–Trinajstić information content (AvgIpc) is 3.19. The monoisotopic (exact) mass is 494 g/mol. The first-order chi connectivity index (χ1) is 16.2. The van der Waals surface area contributed by atoms with E-state index in [4.69, 9.17) is 32.9 Å². The van der Waals surface area contributed by atoms with E-state index in [2.05, 4.69) is 32.9 Å². The molecule has 1 heterocycles. The number of hydrogen-bond acceptors (Lipinski definition) is 3. The number of carbonyl (C=O) groups is 1. The van der Waals surface area contributed by atoms with Crippen LogP contribution in [0.4, 0.5) is 0 Å². The average molecular weight is 495 g/mol. The Kier molecular flexibility index (Phi) is 7.01. The zero-order valence-electron chi connectivity index (χ0n) is 19.8. The highest BCUT2D eigenvalue weighted by molar-refractivity contribution is 6.30. The Labute approximate surface area is 211 Å². The number of amides is 1. The van der Waals surface area contributed by atoms with E-state index in [1.54, 1.807) is 4.90 Å². The lowest BCUT2D eigenvalue weighted by Crippen LogP contribution is -2.31. The molecule has 0 saturated carbocycles. The second-order valence-electron chi connectivity index (χ2n) is 9.35. The van der Waals surface area contributed by atoms with E-state index >= 15 is 0 Å². The van der Waals surface area contributed by atoms with E-state index in [-0.39, 0.29) is 17.5 Å². The number of nitrogens with zero attached hydrogens (tertiary/aromatic N) is 2. The van der Waals surface area contributed by atoms with Crippen LogP contribution in [-0.2, 0) is 10.2 Å². The zero-order valence-corrected chi connectivity index (χ0v) is 21.3. The molecular weight excluding hydrogens is 467 g/mol. The van der Waals surface area contributed by atoms with Crippen molar-refractivity contribution in [2.24, 2.45) is 4.99 Å². The maximum atomic E-state index is 12.5. The van der Waals surface area contributed by atoms with Gasteiger partial charge in [-0.1, -0.05) is 74.3 Å². The topological polar surface area (TPSA) is 41.9 Å². The minimum absolute atomic E-state index is 0.0378. The summed E-state index contributed by atoms with van der Waals surface area (Å²) in [6, 6.07) is 20.6. The van der Waals surface area contributed by atoms with Crippen molar-refractivity contribution >= 4 is 35.4 Å². The third kappa shape index (κ3) is 4.84. The van der Waals surface area contributed by atoms with Gasteiger partial charge < -0.3 is 4.74 Å². The van der Waals surface area contributed by atoms with E-state index < -0.39 is 0 Å². The summed E-state index contributed by atoms with van der Waals surface area (Å²) in [5.41, 5.74) is 3.82. The summed E-state index contributed by atoms with van der Waals surface area (Å²) in [4.78, 5) is 19.3. The molecule has 1 amide bonds. The lowest BCUT2D eigenvalue weighted by molar-refractivity contribution is -0.116. The lowest BCUT2D eigenvalue weighted by Gasteiger charge is -2.27. The molecule has 0 aromatic heterocycles. The summed E-state index contributed by atoms with van der Waals surface area (Å²) >= 11 is 12.3. The SMILES string of the molecule is CCOc1cc(C(C)(C)C)ccc1C1=NC(c2ccc(Cl)cc2)C(c2ccc(Cl)cc2)N1C=O. The first-order valence-corrected chi connectivity index (χ1v) is 12.1. The van der Waals surface area contributed by atoms with Crippen LogP contribution >= 0.6 is 23.2 Å². The molecule has 1 aliphatic rings. The molecule has 2 atom stereocenters. The molecule has 1 aliphatic heterocycles. The van der Waals surface area contributed by atoms with Crippen LogP contribution in [0.2, 0.25) is 10.0 Å². The van der Waals surface area contributed by atoms with Crippen LogP contribution in [0, 0.1) is 0 Å². The normalized spacial score (nSPS) is 18.1. The quantitative estimate of drug-likeness (QED) is 0.335. The smallest absolute Gasteiger partial charge is 0.215 e. The van der Waals surface area contributed by atoms with E-state index in [1.807, 2.05) is 61.5 Å². The molecule has 0 radical (unpaired) electrons. The summed E-state index contributed by atoms with van der Waals surface area (Å²) in [5, 5.41) is 1.29. The van der Waals surface area contributed by atoms with Gasteiger partial charge >= 0.3 is 0 Å². The van der Waals surface area contributed by atoms with Crippen molar-refractivity contribution < 1.29 is 9.53 Å². The van der Waals surface area contributed by atoms with Crippen LogP contribution in [0.25, 0.3) is 0 Å². The molecule has 3 aromatic carbocycles. The number of benzene rings is 3. The van der Waals surface area contributed by atoms with Gasteiger partial charge in [-0.15, -0.1) is 0 Å². The van der Waals surface area contributed by atoms with Gasteiger partial charge in [-0.25, -0.2) is 0 Å². The molecule has 3 aromatic rings. The maximum Gasteiger partial charge on any atom is 0.215 e. The molecule has 6 heteroatoms. The van der Waals surface area contributed by atoms with Gasteiger partial charge in [-0.3, -0.25) is 14.7 Å². The number of rotatable bonds is 6. The van der Waals surface area contributed by atoms with E-state index in [9.17, 15) is 4.79 Å². The number of hydrogen-bond donors (Lipinski definition) is 0. The third-order valence-electron chi connectivity index (χ3n) is 6.03. The number of carbonyl (C=O) groups excluding carboxylic acids is 1. The van der Waals surface area contributed by atoms with Crippen molar-refractivity contribution in [3.05, 3.63) is 99.0 Å². The van der Waals surface area contributed by atoms with Crippen molar-refractivity contribution in [2.75, 3.05) is 6.61 Å². The van der Waals surface area contributed by atoms with E-state index in [0.29, 0.717) is 28.2 Å². The van der Waals surface area contributed by atoms with Crippen molar-refractivity contribution in [1.29, 1.82) is 0 Å². The minimum atomic E-state index is -0.331. The molecule has 2 unspecified atom stereocenters. The van der Waals surface area contributed by atoms with E-state index in [1.165, 1.54) is 0 Å². The Hall–Kier alpha value is -2.82. The number of amidine groups is 1. The van der Waals surface area contributed by atoms with Gasteiger partial charge in [-0.2, -0.15) is 0 Å². The van der Waals surface area contributed by atoms with Gasteiger partial charge in [0.05, 0.1) is 18.2 Å². The van der Waals surface area contributed by atoms with Gasteiger partial charge in [0.15, 0.2) is 0 Å². The molecule has 0 bridgehead atoms. The van der Waals surface area contributed by atoms with Crippen LogP contribution in [0.3, 0.4) is 0 Å². The number of aliphatic imine (C=N–C) groups is 1. The van der Waals surface area contributed by atoms with Gasteiger partial charge in [0, 0.05) is 10.0 Å². The molecule has 0 N–H and O–H groups in total. The number of ether oxygens (including phenoxy) is 1. The summed E-state index contributed by atoms with van der Waals surface area (Å²) in [7, 11) is 0. The Morgan fingerprint density at radius 3 is 2.06 bits per heavy atom. The second-order valence-corrected chi connectivity index (χ2v) is 10.2. The first kappa shape index (κ1) is 24.3. The van der Waals surface area contributed by atoms with Crippen molar-refractivity contribution in [3.63, 3.8) is 0 Å². The molecular formula is C28H28Cl2N2O2. The van der Waals surface area contributed by atoms with Gasteiger partial charge in [-0.05, 0) is 65.4 Å². The van der Waals surface area contributed by atoms with E-state index in [0.717, 1.165) is 28.7 Å². The molecule has 0 spiro atoms. The van der Waals surface area contributed by atoms with Crippen molar-refractivity contribution in [3.8, 4) is 5.75 Å². The summed E-state index contributed by atoms with van der Waals surface area (Å²) in [5.74, 6) is 1.30. The van der Waals surface area contributed by atoms with Crippen LogP contribution in [-0.4, -0.2) is 23.8 Å². The fourth-order valence-electron chi connectivity index (χ4n) is 4.25. The molecule has 0 aliphatic carbocycles. The molecule has 4 nitrogen and oxygen atoms in total. The highest BCUT2D eigenvalue weighted by Gasteiger charge is 2.39. The fraction of sp³-hybridized carbons (Fsp3) is 0.286. The van der Waals surface area contributed by atoms with Gasteiger partial charge in [0.1, 0.15) is 17.6 Å². The Balaban J connectivity index is 1.88. The standard InChI is InChI=1S/C28H28Cl2N2O2/c1-5-34-24-16-20(28(2,3)4)10-15-23(24)27-31-25(18-6-11-21(29)12-7-18)26(32(27)17-33)19-8-13-22(30)14-9-19/h6-17,25-26H,5H2,1-4H3. The van der Waals surface area contributed by atoms with Crippen LogP contribution in [0.5, 0.6) is 5.75 Å². The Morgan fingerprint density at radius 1 is 0.941 bits per heavy atom. The van der Waals surface area contributed by atoms with Crippen LogP contribution < -0.4 is 4.74 Å². The van der Waals surface area contributed by atoms with Crippen molar-refractivity contribution in [2.45, 2.75) is 45.2 Å². The Morgan fingerprint density at radius 2 is 1.53 bits per heavy atom. The summed E-state index contributed by atoms with van der Waals surface area (Å²) in [6.45, 7) is 8.95. The first-order valence-electron chi connectivity index (χ1n) is 11.3. The Bertz CT molecular complexity index is 1200. The molecule has 0 saturated heterocycles. The lowest BCUT2D eigenvalue weighted by atomic mass is 9.86. The zero-order chi connectivity index (χ0) is 24.5. The fourth-order valence-corrected chi connectivity index (χ4v) is 4.50. The third-order valence-corrected chi connectivity index (χ3v) is 6.53. The highest BCUT2D eigenvalue weighted by Crippen LogP contribution is 2.44. The van der Waals surface area contributed by atoms with Gasteiger partial charge in [0.25, 0.3) is 0 Å². The number of halogens is 2. The predicted octanol–water partition coefficient (Wildman–Crippen LogP) is 7.39. The molecule has 34 heavy (non-hydrogen) atoms. The predicted molar refractivity (Wildman–Crippen MR) is 139 cm³/mol. The van der Waals surface area contributed by atoms with Gasteiger partial charge in [0.2, 0.25) is 6.41 Å².